The van der Waals surface area contributed by atoms with Crippen LogP contribution in [0, 0.1) is 18.2 Å². The van der Waals surface area contributed by atoms with Gasteiger partial charge in [-0.25, -0.2) is 4.39 Å². The number of fused-ring (bicyclic) bond motifs is 1. The van der Waals surface area contributed by atoms with Crippen molar-refractivity contribution < 1.29 is 4.39 Å². The molecule has 0 aliphatic heterocycles. The van der Waals surface area contributed by atoms with Gasteiger partial charge in [0.15, 0.2) is 0 Å². The Morgan fingerprint density at radius 2 is 1.89 bits per heavy atom. The third kappa shape index (κ3) is 8.23. The van der Waals surface area contributed by atoms with Crippen LogP contribution in [0.4, 0.5) is 4.39 Å². The fourth-order valence-corrected chi connectivity index (χ4v) is 5.31. The Labute approximate surface area is 265 Å². The van der Waals surface area contributed by atoms with Crippen LogP contribution in [0.15, 0.2) is 114 Å². The van der Waals surface area contributed by atoms with Gasteiger partial charge < -0.3 is 10.6 Å². The molecule has 0 spiro atoms. The molecular weight excluding hydrogens is 564 g/mol. The summed E-state index contributed by atoms with van der Waals surface area (Å²) >= 11 is 1.61. The lowest BCUT2D eigenvalue weighted by Crippen LogP contribution is -2.16. The van der Waals surface area contributed by atoms with Crippen LogP contribution in [-0.4, -0.2) is 16.7 Å². The van der Waals surface area contributed by atoms with Gasteiger partial charge in [-0.3, -0.25) is 5.10 Å². The van der Waals surface area contributed by atoms with E-state index in [0.717, 1.165) is 40.1 Å². The molecule has 2 aromatic carbocycles. The number of hydrogen-bond acceptors (Lipinski definition) is 4. The number of nitrogens with zero attached hydrogens (tertiary/aromatic N) is 1. The highest BCUT2D eigenvalue weighted by atomic mass is 32.1. The van der Waals surface area contributed by atoms with Crippen LogP contribution in [0.1, 0.15) is 57.0 Å². The Balaban J connectivity index is 0.00000259. The lowest BCUT2D eigenvalue weighted by atomic mass is 9.98. The molecule has 0 fully saturated rings. The lowest BCUT2D eigenvalue weighted by molar-refractivity contribution is 0.636. The van der Waals surface area contributed by atoms with E-state index < -0.39 is 0 Å². The number of aromatic amines is 1. The van der Waals surface area contributed by atoms with Crippen molar-refractivity contribution in [1.82, 2.24) is 20.8 Å². The van der Waals surface area contributed by atoms with Gasteiger partial charge in [-0.2, -0.15) is 16.4 Å². The van der Waals surface area contributed by atoms with Crippen LogP contribution >= 0.6 is 11.3 Å². The van der Waals surface area contributed by atoms with E-state index in [1.54, 1.807) is 29.6 Å². The molecule has 2 aromatic heterocycles. The smallest absolute Gasteiger partial charge is 0.142 e. The van der Waals surface area contributed by atoms with Crippen LogP contribution in [0.25, 0.3) is 27.7 Å². The molecule has 0 atom stereocenters. The zero-order valence-corrected chi connectivity index (χ0v) is 27.0. The summed E-state index contributed by atoms with van der Waals surface area (Å²) in [4.78, 5) is 0. The van der Waals surface area contributed by atoms with Crippen molar-refractivity contribution in [3.05, 3.63) is 142 Å². The third-order valence-electron chi connectivity index (χ3n) is 7.04. The first-order valence-corrected chi connectivity index (χ1v) is 15.6. The molecule has 3 N–H and O–H groups in total. The average Bonchev–Trinajstić information content (AvgIpc) is 3.74. The van der Waals surface area contributed by atoms with Gasteiger partial charge >= 0.3 is 0 Å². The molecule has 0 bridgehead atoms. The van der Waals surface area contributed by atoms with Gasteiger partial charge in [0, 0.05) is 24.4 Å². The summed E-state index contributed by atoms with van der Waals surface area (Å²) in [5, 5.41) is 18.6. The summed E-state index contributed by atoms with van der Waals surface area (Å²) in [5.41, 5.74) is 8.66. The van der Waals surface area contributed by atoms with Crippen LogP contribution in [-0.2, 0) is 6.54 Å². The van der Waals surface area contributed by atoms with Gasteiger partial charge in [-0.1, -0.05) is 81.5 Å². The summed E-state index contributed by atoms with van der Waals surface area (Å²) in [6, 6.07) is 15.8. The third-order valence-corrected chi connectivity index (χ3v) is 7.73. The standard InChI is InChI=1S/C36H35FN4S.C2H6/c1-7-13-31(30-18-19-42-23-30)24(4)25(5)39-26(6)36-34-33(40-41-36)17-16-32(35(34)37)29(9-3)20-27(8-2)21-38-22-28-14-11-10-12-15-28;1-2/h1,8-20,23,38-39H,2,6,21-22H2,3-5H3,(H,40,41);1-2H3/b25-24+,27-20+,29-9+,31-13+;. The van der Waals surface area contributed by atoms with Crippen LogP contribution < -0.4 is 10.6 Å². The second-order valence-electron chi connectivity index (χ2n) is 9.77. The average molecular weight is 605 g/mol. The molecule has 4 rings (SSSR count). The Kier molecular flexibility index (Phi) is 12.9. The number of rotatable bonds is 12. The minimum atomic E-state index is -0.367. The maximum absolute atomic E-state index is 16.2. The number of terminal acetylenes is 1. The number of thiophene rings is 1. The maximum Gasteiger partial charge on any atom is 0.142 e. The molecule has 0 amide bonds. The van der Waals surface area contributed by atoms with Gasteiger partial charge in [0.1, 0.15) is 11.5 Å². The molecule has 4 nitrogen and oxygen atoms in total. The molecular formula is C38H41FN4S. The molecule has 2 heterocycles. The molecule has 0 radical (unpaired) electrons. The number of H-pyrrole nitrogens is 1. The van der Waals surface area contributed by atoms with Gasteiger partial charge in [-0.05, 0) is 89.2 Å². The predicted octanol–water partition coefficient (Wildman–Crippen LogP) is 9.67. The monoisotopic (exact) mass is 604 g/mol. The van der Waals surface area contributed by atoms with Crippen LogP contribution in [0.2, 0.25) is 0 Å². The molecule has 6 heteroatoms. The minimum Gasteiger partial charge on any atom is -0.358 e. The summed E-state index contributed by atoms with van der Waals surface area (Å²) in [6.45, 7) is 19.3. The first-order chi connectivity index (χ1) is 21.4. The van der Waals surface area contributed by atoms with Crippen LogP contribution in [0.3, 0.4) is 0 Å². The summed E-state index contributed by atoms with van der Waals surface area (Å²) in [5.74, 6) is 2.27. The number of aromatic nitrogens is 2. The van der Waals surface area contributed by atoms with Gasteiger partial charge in [0.25, 0.3) is 0 Å². The van der Waals surface area contributed by atoms with Crippen molar-refractivity contribution >= 4 is 39.1 Å². The van der Waals surface area contributed by atoms with E-state index >= 15 is 4.39 Å². The summed E-state index contributed by atoms with van der Waals surface area (Å²) < 4.78 is 16.2. The van der Waals surface area contributed by atoms with Crippen molar-refractivity contribution in [3.8, 4) is 12.3 Å². The molecule has 0 unspecified atom stereocenters. The SMILES string of the molecule is C#C/C=C(\C(C)=C(/C)NC(=C)c1n[nH]c2ccc(C(/C=C(\C=C)CNCc3ccccc3)=C/C)c(F)c12)c1ccsc1.CC. The van der Waals surface area contributed by atoms with Gasteiger partial charge in [-0.15, -0.1) is 6.42 Å². The number of hydrogen-bond donors (Lipinski definition) is 3. The number of benzene rings is 2. The molecule has 44 heavy (non-hydrogen) atoms. The Morgan fingerprint density at radius 3 is 2.52 bits per heavy atom. The molecule has 226 valence electrons. The van der Waals surface area contributed by atoms with E-state index in [1.807, 2.05) is 82.5 Å². The van der Waals surface area contributed by atoms with E-state index in [2.05, 4.69) is 57.4 Å². The van der Waals surface area contributed by atoms with E-state index in [1.165, 1.54) is 5.56 Å². The van der Waals surface area contributed by atoms with Gasteiger partial charge in [0.05, 0.1) is 16.6 Å². The first kappa shape index (κ1) is 33.8. The summed E-state index contributed by atoms with van der Waals surface area (Å²) in [7, 11) is 0. The molecule has 0 saturated carbocycles. The second-order valence-corrected chi connectivity index (χ2v) is 10.5. The highest BCUT2D eigenvalue weighted by Gasteiger charge is 2.19. The van der Waals surface area contributed by atoms with Crippen LogP contribution in [0.5, 0.6) is 0 Å². The predicted molar refractivity (Wildman–Crippen MR) is 189 cm³/mol. The van der Waals surface area contributed by atoms with E-state index in [4.69, 9.17) is 6.42 Å². The van der Waals surface area contributed by atoms with Crippen molar-refractivity contribution in [2.24, 2.45) is 0 Å². The van der Waals surface area contributed by atoms with E-state index in [0.29, 0.717) is 34.4 Å². The largest absolute Gasteiger partial charge is 0.358 e. The molecule has 0 saturated heterocycles. The van der Waals surface area contributed by atoms with Crippen molar-refractivity contribution in [3.63, 3.8) is 0 Å². The molecule has 0 aliphatic rings. The quantitative estimate of drug-likeness (QED) is 0.111. The Hall–Kier alpha value is -4.70. The highest BCUT2D eigenvalue weighted by molar-refractivity contribution is 7.08. The summed E-state index contributed by atoms with van der Waals surface area (Å²) in [6.07, 6.45) is 13.0. The fourth-order valence-electron chi connectivity index (χ4n) is 4.65. The lowest BCUT2D eigenvalue weighted by Gasteiger charge is -2.15. The van der Waals surface area contributed by atoms with E-state index in [-0.39, 0.29) is 5.82 Å². The van der Waals surface area contributed by atoms with E-state index in [9.17, 15) is 0 Å². The molecule has 4 aromatic rings. The second kappa shape index (κ2) is 16.8. The highest BCUT2D eigenvalue weighted by Crippen LogP contribution is 2.32. The zero-order chi connectivity index (χ0) is 32.1. The van der Waals surface area contributed by atoms with Gasteiger partial charge in [0.2, 0.25) is 0 Å². The normalized spacial score (nSPS) is 12.6. The first-order valence-electron chi connectivity index (χ1n) is 14.6. The number of nitrogens with one attached hydrogen (secondary N) is 3. The zero-order valence-electron chi connectivity index (χ0n) is 26.2. The number of allylic oxidation sites excluding steroid dienone is 7. The Morgan fingerprint density at radius 1 is 1.14 bits per heavy atom. The topological polar surface area (TPSA) is 52.7 Å². The maximum atomic E-state index is 16.2. The molecule has 0 aliphatic carbocycles. The fraction of sp³-hybridized carbons (Fsp3) is 0.184. The van der Waals surface area contributed by atoms with Crippen molar-refractivity contribution in [1.29, 1.82) is 0 Å². The van der Waals surface area contributed by atoms with Crippen molar-refractivity contribution in [2.45, 2.75) is 41.2 Å². The number of halogens is 1. The van der Waals surface area contributed by atoms with Crippen molar-refractivity contribution in [2.75, 3.05) is 6.54 Å². The minimum absolute atomic E-state index is 0.367. The Bertz CT molecular complexity index is 1740.